The predicted octanol–water partition coefficient (Wildman–Crippen LogP) is 3.55. The van der Waals surface area contributed by atoms with Gasteiger partial charge in [0.1, 0.15) is 5.82 Å². The number of hydrogen-bond acceptors (Lipinski definition) is 4. The van der Waals surface area contributed by atoms with Gasteiger partial charge in [-0.25, -0.2) is 12.8 Å². The molecule has 0 saturated carbocycles. The summed E-state index contributed by atoms with van der Waals surface area (Å²) in [6.07, 6.45) is 0. The SMILES string of the molecule is CNC(=O)c1cccc(NC(=O)c2ccc(NS(=O)(=O)c3ccc(F)cc3)cc2)c1C. The van der Waals surface area contributed by atoms with Crippen LogP contribution in [-0.4, -0.2) is 27.3 Å². The van der Waals surface area contributed by atoms with Crippen LogP contribution in [0.25, 0.3) is 0 Å². The Kier molecular flexibility index (Phi) is 6.36. The second-order valence-corrected chi connectivity index (χ2v) is 8.33. The number of halogens is 1. The van der Waals surface area contributed by atoms with Gasteiger partial charge in [-0.1, -0.05) is 6.07 Å². The van der Waals surface area contributed by atoms with Gasteiger partial charge in [0.2, 0.25) is 0 Å². The van der Waals surface area contributed by atoms with E-state index < -0.39 is 21.7 Å². The molecule has 2 amide bonds. The number of carbonyl (C=O) groups excluding carboxylic acids is 2. The maximum absolute atomic E-state index is 13.0. The Bertz CT molecular complexity index is 1220. The lowest BCUT2D eigenvalue weighted by Crippen LogP contribution is -2.20. The molecule has 0 heterocycles. The predicted molar refractivity (Wildman–Crippen MR) is 116 cm³/mol. The van der Waals surface area contributed by atoms with Crippen molar-refractivity contribution in [3.05, 3.63) is 89.2 Å². The Balaban J connectivity index is 1.74. The molecule has 0 bridgehead atoms. The van der Waals surface area contributed by atoms with Crippen molar-refractivity contribution < 1.29 is 22.4 Å². The number of anilines is 2. The fraction of sp³-hybridized carbons (Fsp3) is 0.0909. The summed E-state index contributed by atoms with van der Waals surface area (Å²) < 4.78 is 40.1. The lowest BCUT2D eigenvalue weighted by Gasteiger charge is -2.12. The summed E-state index contributed by atoms with van der Waals surface area (Å²) in [5.74, 6) is -1.21. The molecule has 0 radical (unpaired) electrons. The lowest BCUT2D eigenvalue weighted by molar-refractivity contribution is 0.0960. The maximum atomic E-state index is 13.0. The van der Waals surface area contributed by atoms with E-state index in [1.165, 1.54) is 31.3 Å². The molecule has 31 heavy (non-hydrogen) atoms. The number of carbonyl (C=O) groups is 2. The van der Waals surface area contributed by atoms with Gasteiger partial charge in [0.25, 0.3) is 21.8 Å². The van der Waals surface area contributed by atoms with Crippen LogP contribution in [0.4, 0.5) is 15.8 Å². The molecule has 3 aromatic rings. The zero-order chi connectivity index (χ0) is 22.6. The van der Waals surface area contributed by atoms with Crippen molar-refractivity contribution in [1.82, 2.24) is 5.32 Å². The molecule has 160 valence electrons. The molecule has 0 aliphatic carbocycles. The van der Waals surface area contributed by atoms with Crippen LogP contribution in [0, 0.1) is 12.7 Å². The van der Waals surface area contributed by atoms with Gasteiger partial charge in [-0.15, -0.1) is 0 Å². The zero-order valence-corrected chi connectivity index (χ0v) is 17.6. The van der Waals surface area contributed by atoms with Gasteiger partial charge in [0.15, 0.2) is 0 Å². The van der Waals surface area contributed by atoms with Crippen LogP contribution in [0.1, 0.15) is 26.3 Å². The molecular formula is C22H20FN3O4S. The minimum Gasteiger partial charge on any atom is -0.355 e. The Morgan fingerprint density at radius 1 is 0.871 bits per heavy atom. The molecule has 9 heteroatoms. The first kappa shape index (κ1) is 22.0. The molecule has 3 rings (SSSR count). The standard InChI is InChI=1S/C22H20FN3O4S/c1-14-19(22(28)24-2)4-3-5-20(14)25-21(27)15-6-10-17(11-7-15)26-31(29,30)18-12-8-16(23)9-13-18/h3-13,26H,1-2H3,(H,24,28)(H,25,27). The smallest absolute Gasteiger partial charge is 0.261 e. The highest BCUT2D eigenvalue weighted by Crippen LogP contribution is 2.21. The third-order valence-corrected chi connectivity index (χ3v) is 5.97. The average Bonchev–Trinajstić information content (AvgIpc) is 2.75. The summed E-state index contributed by atoms with van der Waals surface area (Å²) in [6.45, 7) is 1.73. The number of rotatable bonds is 6. The van der Waals surface area contributed by atoms with Gasteiger partial charge in [-0.3, -0.25) is 14.3 Å². The van der Waals surface area contributed by atoms with E-state index in [0.717, 1.165) is 24.3 Å². The quantitative estimate of drug-likeness (QED) is 0.544. The van der Waals surface area contributed by atoms with Crippen LogP contribution >= 0.6 is 0 Å². The Labute approximate surface area is 179 Å². The van der Waals surface area contributed by atoms with Crippen LogP contribution in [0.5, 0.6) is 0 Å². The normalized spacial score (nSPS) is 10.9. The fourth-order valence-corrected chi connectivity index (χ4v) is 3.92. The molecule has 3 aromatic carbocycles. The highest BCUT2D eigenvalue weighted by atomic mass is 32.2. The molecule has 7 nitrogen and oxygen atoms in total. The zero-order valence-electron chi connectivity index (χ0n) is 16.8. The molecule has 0 spiro atoms. The average molecular weight is 441 g/mol. The summed E-state index contributed by atoms with van der Waals surface area (Å²) in [4.78, 5) is 24.4. The molecule has 0 unspecified atom stereocenters. The van der Waals surface area contributed by atoms with Crippen LogP contribution in [-0.2, 0) is 10.0 Å². The van der Waals surface area contributed by atoms with Gasteiger partial charge in [0, 0.05) is 29.5 Å². The summed E-state index contributed by atoms with van der Waals surface area (Å²) in [6, 6.07) is 15.3. The fourth-order valence-electron chi connectivity index (χ4n) is 2.86. The third kappa shape index (κ3) is 5.07. The summed E-state index contributed by atoms with van der Waals surface area (Å²) in [5.41, 5.74) is 2.12. The monoisotopic (exact) mass is 441 g/mol. The largest absolute Gasteiger partial charge is 0.355 e. The Morgan fingerprint density at radius 2 is 1.52 bits per heavy atom. The van der Waals surface area contributed by atoms with Gasteiger partial charge in [-0.2, -0.15) is 0 Å². The molecule has 3 N–H and O–H groups in total. The van der Waals surface area contributed by atoms with E-state index in [9.17, 15) is 22.4 Å². The van der Waals surface area contributed by atoms with E-state index in [0.29, 0.717) is 22.4 Å². The molecule has 0 aliphatic heterocycles. The minimum absolute atomic E-state index is 0.0813. The second kappa shape index (κ2) is 8.97. The molecule has 0 atom stereocenters. The number of amides is 2. The van der Waals surface area contributed by atoms with E-state index in [-0.39, 0.29) is 16.5 Å². The van der Waals surface area contributed by atoms with Crippen LogP contribution in [0.3, 0.4) is 0 Å². The van der Waals surface area contributed by atoms with E-state index >= 15 is 0 Å². The van der Waals surface area contributed by atoms with Gasteiger partial charge < -0.3 is 10.6 Å². The number of benzene rings is 3. The molecule has 0 saturated heterocycles. The minimum atomic E-state index is -3.89. The van der Waals surface area contributed by atoms with Crippen molar-refractivity contribution in [2.24, 2.45) is 0 Å². The highest BCUT2D eigenvalue weighted by Gasteiger charge is 2.16. The van der Waals surface area contributed by atoms with Crippen molar-refractivity contribution in [3.63, 3.8) is 0 Å². The molecular weight excluding hydrogens is 421 g/mol. The van der Waals surface area contributed by atoms with Gasteiger partial charge in [0.05, 0.1) is 4.90 Å². The molecule has 0 aromatic heterocycles. The first-order valence-corrected chi connectivity index (χ1v) is 10.7. The Morgan fingerprint density at radius 3 is 2.13 bits per heavy atom. The summed E-state index contributed by atoms with van der Waals surface area (Å²) in [7, 11) is -2.36. The van der Waals surface area contributed by atoms with Crippen LogP contribution < -0.4 is 15.4 Å². The number of hydrogen-bond donors (Lipinski definition) is 3. The van der Waals surface area contributed by atoms with E-state index in [2.05, 4.69) is 15.4 Å². The molecule has 0 aliphatic rings. The maximum Gasteiger partial charge on any atom is 0.261 e. The number of sulfonamides is 1. The molecule has 0 fully saturated rings. The van der Waals surface area contributed by atoms with Crippen molar-refractivity contribution in [2.45, 2.75) is 11.8 Å². The van der Waals surface area contributed by atoms with Gasteiger partial charge >= 0.3 is 0 Å². The van der Waals surface area contributed by atoms with E-state index in [1.807, 2.05) is 0 Å². The van der Waals surface area contributed by atoms with E-state index in [4.69, 9.17) is 0 Å². The van der Waals surface area contributed by atoms with Crippen molar-refractivity contribution in [3.8, 4) is 0 Å². The summed E-state index contributed by atoms with van der Waals surface area (Å²) in [5, 5.41) is 5.30. The van der Waals surface area contributed by atoms with Crippen molar-refractivity contribution >= 4 is 33.2 Å². The van der Waals surface area contributed by atoms with Crippen molar-refractivity contribution in [1.29, 1.82) is 0 Å². The van der Waals surface area contributed by atoms with E-state index in [1.54, 1.807) is 25.1 Å². The number of nitrogens with one attached hydrogen (secondary N) is 3. The topological polar surface area (TPSA) is 104 Å². The lowest BCUT2D eigenvalue weighted by atomic mass is 10.1. The van der Waals surface area contributed by atoms with Crippen LogP contribution in [0.15, 0.2) is 71.6 Å². The first-order chi connectivity index (χ1) is 14.7. The second-order valence-electron chi connectivity index (χ2n) is 6.65. The first-order valence-electron chi connectivity index (χ1n) is 9.23. The summed E-state index contributed by atoms with van der Waals surface area (Å²) >= 11 is 0. The van der Waals surface area contributed by atoms with Crippen LogP contribution in [0.2, 0.25) is 0 Å². The highest BCUT2D eigenvalue weighted by molar-refractivity contribution is 7.92. The third-order valence-electron chi connectivity index (χ3n) is 4.58. The van der Waals surface area contributed by atoms with Crippen molar-refractivity contribution in [2.75, 3.05) is 17.1 Å². The van der Waals surface area contributed by atoms with Gasteiger partial charge in [-0.05, 0) is 73.2 Å². The Hall–Kier alpha value is -3.72.